The number of methoxy groups -OCH3 is 1. The first kappa shape index (κ1) is 11.6. The Labute approximate surface area is 104 Å². The van der Waals surface area contributed by atoms with Crippen LogP contribution in [0.25, 0.3) is 5.69 Å². The minimum Gasteiger partial charge on any atom is -0.497 e. The van der Waals surface area contributed by atoms with Crippen LogP contribution in [0.15, 0.2) is 41.8 Å². The summed E-state index contributed by atoms with van der Waals surface area (Å²) in [6.45, 7) is 0. The number of aromatic nitrogens is 2. The van der Waals surface area contributed by atoms with E-state index in [1.165, 1.54) is 11.8 Å². The molecule has 0 aliphatic heterocycles. The Morgan fingerprint density at radius 1 is 1.41 bits per heavy atom. The Bertz CT molecular complexity index is 527. The van der Waals surface area contributed by atoms with Gasteiger partial charge in [0.15, 0.2) is 5.16 Å². The van der Waals surface area contributed by atoms with Crippen LogP contribution in [-0.2, 0) is 0 Å². The van der Waals surface area contributed by atoms with Gasteiger partial charge in [0.1, 0.15) is 5.75 Å². The molecule has 4 nitrogen and oxygen atoms in total. The molecule has 2 aromatic rings. The molecular formula is C12H11N3OS. The van der Waals surface area contributed by atoms with Crippen molar-refractivity contribution in [1.29, 1.82) is 5.26 Å². The van der Waals surface area contributed by atoms with Gasteiger partial charge in [0, 0.05) is 18.1 Å². The third kappa shape index (κ3) is 2.60. The number of hydrogen-bond donors (Lipinski definition) is 0. The molecule has 17 heavy (non-hydrogen) atoms. The number of nitriles is 1. The Balaban J connectivity index is 2.26. The van der Waals surface area contributed by atoms with Crippen molar-refractivity contribution in [1.82, 2.24) is 9.55 Å². The van der Waals surface area contributed by atoms with Crippen molar-refractivity contribution < 1.29 is 4.74 Å². The van der Waals surface area contributed by atoms with Crippen LogP contribution in [0.5, 0.6) is 5.75 Å². The molecule has 0 N–H and O–H groups in total. The highest BCUT2D eigenvalue weighted by Crippen LogP contribution is 2.21. The molecule has 1 heterocycles. The average Bonchev–Trinajstić information content (AvgIpc) is 2.84. The molecule has 0 spiro atoms. The Morgan fingerprint density at radius 3 is 2.82 bits per heavy atom. The molecule has 5 heteroatoms. The summed E-state index contributed by atoms with van der Waals surface area (Å²) in [4.78, 5) is 4.22. The van der Waals surface area contributed by atoms with E-state index in [4.69, 9.17) is 10.00 Å². The van der Waals surface area contributed by atoms with Crippen molar-refractivity contribution in [2.45, 2.75) is 5.16 Å². The van der Waals surface area contributed by atoms with Gasteiger partial charge in [-0.05, 0) is 24.3 Å². The second-order valence-corrected chi connectivity index (χ2v) is 4.17. The fourth-order valence-corrected chi connectivity index (χ4v) is 2.07. The Hall–Kier alpha value is -1.93. The monoisotopic (exact) mass is 245 g/mol. The lowest BCUT2D eigenvalue weighted by atomic mass is 10.3. The van der Waals surface area contributed by atoms with Gasteiger partial charge in [-0.2, -0.15) is 5.26 Å². The summed E-state index contributed by atoms with van der Waals surface area (Å²) in [5, 5.41) is 9.39. The van der Waals surface area contributed by atoms with Crippen molar-refractivity contribution >= 4 is 11.8 Å². The maximum atomic E-state index is 8.57. The number of rotatable bonds is 4. The second kappa shape index (κ2) is 5.41. The molecule has 0 aliphatic carbocycles. The van der Waals surface area contributed by atoms with Crippen LogP contribution < -0.4 is 4.74 Å². The van der Waals surface area contributed by atoms with Gasteiger partial charge < -0.3 is 4.74 Å². The first-order chi connectivity index (χ1) is 8.35. The Kier molecular flexibility index (Phi) is 3.68. The van der Waals surface area contributed by atoms with Crippen molar-refractivity contribution in [3.05, 3.63) is 36.7 Å². The first-order valence-corrected chi connectivity index (χ1v) is 6.01. The van der Waals surface area contributed by atoms with E-state index in [0.29, 0.717) is 5.75 Å². The molecule has 0 amide bonds. The van der Waals surface area contributed by atoms with Gasteiger partial charge in [-0.3, -0.25) is 4.57 Å². The number of benzene rings is 1. The molecule has 0 fully saturated rings. The minimum absolute atomic E-state index is 0.396. The number of hydrogen-bond acceptors (Lipinski definition) is 4. The molecule has 86 valence electrons. The quantitative estimate of drug-likeness (QED) is 0.776. The smallest absolute Gasteiger partial charge is 0.173 e. The Morgan fingerprint density at radius 2 is 2.18 bits per heavy atom. The van der Waals surface area contributed by atoms with E-state index in [0.717, 1.165) is 16.6 Å². The van der Waals surface area contributed by atoms with Gasteiger partial charge in [0.25, 0.3) is 0 Å². The SMILES string of the molecule is COc1ccc(-n2ccnc2SCC#N)cc1. The number of nitrogens with zero attached hydrogens (tertiary/aromatic N) is 3. The molecule has 0 unspecified atom stereocenters. The van der Waals surface area contributed by atoms with E-state index in [1.807, 2.05) is 35.0 Å². The molecule has 0 saturated carbocycles. The average molecular weight is 245 g/mol. The normalized spacial score (nSPS) is 9.88. The summed E-state index contributed by atoms with van der Waals surface area (Å²) in [6, 6.07) is 9.80. The highest BCUT2D eigenvalue weighted by Gasteiger charge is 2.05. The van der Waals surface area contributed by atoms with Gasteiger partial charge in [0.2, 0.25) is 0 Å². The van der Waals surface area contributed by atoms with Crippen LogP contribution >= 0.6 is 11.8 Å². The van der Waals surface area contributed by atoms with Crippen molar-refractivity contribution in [3.8, 4) is 17.5 Å². The van der Waals surface area contributed by atoms with Crippen LogP contribution in [0.3, 0.4) is 0 Å². The maximum absolute atomic E-state index is 8.57. The molecule has 0 aliphatic rings. The molecule has 0 atom stereocenters. The van der Waals surface area contributed by atoms with Gasteiger partial charge in [-0.15, -0.1) is 0 Å². The third-order valence-corrected chi connectivity index (χ3v) is 3.06. The standard InChI is InChI=1S/C12H11N3OS/c1-16-11-4-2-10(3-5-11)15-8-7-14-12(15)17-9-6-13/h2-5,7-8H,9H2,1H3. The van der Waals surface area contributed by atoms with Gasteiger partial charge in [0.05, 0.1) is 18.9 Å². The zero-order valence-corrected chi connectivity index (χ0v) is 10.1. The van der Waals surface area contributed by atoms with Crippen LogP contribution in [-0.4, -0.2) is 22.4 Å². The van der Waals surface area contributed by atoms with Gasteiger partial charge >= 0.3 is 0 Å². The van der Waals surface area contributed by atoms with Crippen LogP contribution in [0.2, 0.25) is 0 Å². The molecular weight excluding hydrogens is 234 g/mol. The van der Waals surface area contributed by atoms with E-state index in [1.54, 1.807) is 13.3 Å². The third-order valence-electron chi connectivity index (χ3n) is 2.22. The lowest BCUT2D eigenvalue weighted by Crippen LogP contribution is -1.95. The highest BCUT2D eigenvalue weighted by atomic mass is 32.2. The molecule has 1 aromatic heterocycles. The number of ether oxygens (including phenoxy) is 1. The van der Waals surface area contributed by atoms with Gasteiger partial charge in [-0.25, -0.2) is 4.98 Å². The summed E-state index contributed by atoms with van der Waals surface area (Å²) >= 11 is 1.42. The molecule has 2 rings (SSSR count). The zero-order chi connectivity index (χ0) is 12.1. The minimum atomic E-state index is 0.396. The fraction of sp³-hybridized carbons (Fsp3) is 0.167. The zero-order valence-electron chi connectivity index (χ0n) is 9.33. The summed E-state index contributed by atoms with van der Waals surface area (Å²) in [6.07, 6.45) is 3.60. The first-order valence-electron chi connectivity index (χ1n) is 5.02. The van der Waals surface area contributed by atoms with Crippen LogP contribution in [0.4, 0.5) is 0 Å². The largest absolute Gasteiger partial charge is 0.497 e. The van der Waals surface area contributed by atoms with Crippen LogP contribution in [0, 0.1) is 11.3 Å². The van der Waals surface area contributed by atoms with Crippen molar-refractivity contribution in [3.63, 3.8) is 0 Å². The van der Waals surface area contributed by atoms with E-state index >= 15 is 0 Å². The summed E-state index contributed by atoms with van der Waals surface area (Å²) in [7, 11) is 1.64. The lowest BCUT2D eigenvalue weighted by Gasteiger charge is -2.07. The molecule has 0 saturated heterocycles. The topological polar surface area (TPSA) is 50.8 Å². The number of imidazole rings is 1. The van der Waals surface area contributed by atoms with Gasteiger partial charge in [-0.1, -0.05) is 11.8 Å². The van der Waals surface area contributed by atoms with E-state index in [9.17, 15) is 0 Å². The van der Waals surface area contributed by atoms with Crippen molar-refractivity contribution in [2.24, 2.45) is 0 Å². The predicted molar refractivity (Wildman–Crippen MR) is 66.5 cm³/mol. The van der Waals surface area contributed by atoms with Crippen LogP contribution in [0.1, 0.15) is 0 Å². The second-order valence-electron chi connectivity index (χ2n) is 3.22. The van der Waals surface area contributed by atoms with E-state index < -0.39 is 0 Å². The lowest BCUT2D eigenvalue weighted by molar-refractivity contribution is 0.414. The summed E-state index contributed by atoms with van der Waals surface area (Å²) < 4.78 is 7.05. The van der Waals surface area contributed by atoms with Crippen molar-refractivity contribution in [2.75, 3.05) is 12.9 Å². The predicted octanol–water partition coefficient (Wildman–Crippen LogP) is 2.50. The van der Waals surface area contributed by atoms with E-state index in [-0.39, 0.29) is 0 Å². The van der Waals surface area contributed by atoms with E-state index in [2.05, 4.69) is 11.1 Å². The number of thioether (sulfide) groups is 1. The summed E-state index contributed by atoms with van der Waals surface area (Å²) in [5.74, 6) is 1.22. The highest BCUT2D eigenvalue weighted by molar-refractivity contribution is 7.99. The molecule has 0 bridgehead atoms. The maximum Gasteiger partial charge on any atom is 0.173 e. The summed E-state index contributed by atoms with van der Waals surface area (Å²) in [5.41, 5.74) is 1.00. The molecule has 0 radical (unpaired) electrons. The fourth-order valence-electron chi connectivity index (χ4n) is 1.43. The molecule has 1 aromatic carbocycles.